The number of ketones is 1. The summed E-state index contributed by atoms with van der Waals surface area (Å²) in [5.41, 5.74) is -0.0741. The molecular formula is C11H9F2NO3S. The largest absolute Gasteiger partial charge is 0.300 e. The van der Waals surface area contributed by atoms with E-state index in [1.807, 2.05) is 0 Å². The van der Waals surface area contributed by atoms with E-state index in [0.717, 1.165) is 16.4 Å². The standard InChI is InChI=1S/C11H9F2NO3S/c1-18(16,17)14-6-8(10(15)11(12)13)7-4-2-3-5-9(7)14/h2-6,11H,1H3. The van der Waals surface area contributed by atoms with E-state index in [9.17, 15) is 22.0 Å². The highest BCUT2D eigenvalue weighted by atomic mass is 32.2. The zero-order valence-corrected chi connectivity index (χ0v) is 10.1. The van der Waals surface area contributed by atoms with Crippen LogP contribution >= 0.6 is 0 Å². The summed E-state index contributed by atoms with van der Waals surface area (Å²) in [6, 6.07) is 6.02. The Morgan fingerprint density at radius 3 is 2.44 bits per heavy atom. The zero-order valence-electron chi connectivity index (χ0n) is 9.30. The minimum Gasteiger partial charge on any atom is -0.288 e. The van der Waals surface area contributed by atoms with Gasteiger partial charge in [-0.3, -0.25) is 4.79 Å². The predicted molar refractivity (Wildman–Crippen MR) is 62.5 cm³/mol. The van der Waals surface area contributed by atoms with Gasteiger partial charge in [-0.05, 0) is 6.07 Å². The first-order valence-corrected chi connectivity index (χ1v) is 6.80. The number of hydrogen-bond acceptors (Lipinski definition) is 3. The quantitative estimate of drug-likeness (QED) is 0.802. The van der Waals surface area contributed by atoms with Crippen LogP contribution in [0.2, 0.25) is 0 Å². The smallest absolute Gasteiger partial charge is 0.288 e. The highest BCUT2D eigenvalue weighted by Crippen LogP contribution is 2.24. The van der Waals surface area contributed by atoms with Crippen LogP contribution in [-0.4, -0.2) is 30.9 Å². The third kappa shape index (κ3) is 2.01. The molecular weight excluding hydrogens is 264 g/mol. The normalized spacial score (nSPS) is 12.2. The molecule has 0 fully saturated rings. The molecule has 2 aromatic rings. The summed E-state index contributed by atoms with van der Waals surface area (Å²) < 4.78 is 48.7. The second kappa shape index (κ2) is 4.16. The Bertz CT molecular complexity index is 719. The lowest BCUT2D eigenvalue weighted by atomic mass is 10.1. The maximum Gasteiger partial charge on any atom is 0.300 e. The second-order valence-electron chi connectivity index (χ2n) is 3.78. The number of halogens is 2. The van der Waals surface area contributed by atoms with Gasteiger partial charge in [0.1, 0.15) is 0 Å². The van der Waals surface area contributed by atoms with Crippen LogP contribution in [-0.2, 0) is 10.0 Å². The molecule has 0 amide bonds. The summed E-state index contributed by atoms with van der Waals surface area (Å²) in [6.07, 6.45) is -1.28. The van der Waals surface area contributed by atoms with Gasteiger partial charge in [0.15, 0.2) is 0 Å². The molecule has 7 heteroatoms. The fourth-order valence-corrected chi connectivity index (χ4v) is 2.55. The minimum atomic E-state index is -3.65. The molecule has 0 bridgehead atoms. The fraction of sp³-hybridized carbons (Fsp3) is 0.182. The van der Waals surface area contributed by atoms with Gasteiger partial charge in [-0.15, -0.1) is 0 Å². The first-order chi connectivity index (χ1) is 8.32. The lowest BCUT2D eigenvalue weighted by Crippen LogP contribution is -2.11. The Labute approximate surface area is 102 Å². The zero-order chi connectivity index (χ0) is 13.5. The van der Waals surface area contributed by atoms with E-state index in [0.29, 0.717) is 0 Å². The van der Waals surface area contributed by atoms with E-state index < -0.39 is 22.2 Å². The Morgan fingerprint density at radius 1 is 1.28 bits per heavy atom. The molecule has 0 spiro atoms. The fourth-order valence-electron chi connectivity index (χ4n) is 1.74. The Morgan fingerprint density at radius 2 is 1.89 bits per heavy atom. The average Bonchev–Trinajstić information content (AvgIpc) is 2.66. The van der Waals surface area contributed by atoms with Crippen molar-refractivity contribution in [1.82, 2.24) is 3.97 Å². The summed E-state index contributed by atoms with van der Waals surface area (Å²) in [5, 5.41) is 0.202. The number of Topliss-reactive ketones (excluding diaryl/α,β-unsaturated/α-hetero) is 1. The number of rotatable bonds is 3. The Kier molecular flexibility index (Phi) is 2.94. The van der Waals surface area contributed by atoms with Crippen LogP contribution in [0, 0.1) is 0 Å². The summed E-state index contributed by atoms with van der Waals surface area (Å²) >= 11 is 0. The molecule has 0 saturated carbocycles. The molecule has 1 aromatic heterocycles. The van der Waals surface area contributed by atoms with Crippen LogP contribution in [0.25, 0.3) is 10.9 Å². The number of alkyl halides is 2. The Balaban J connectivity index is 2.82. The van der Waals surface area contributed by atoms with Crippen molar-refractivity contribution in [3.8, 4) is 0 Å². The molecule has 0 radical (unpaired) electrons. The summed E-state index contributed by atoms with van der Waals surface area (Å²) in [6.45, 7) is 0. The van der Waals surface area contributed by atoms with Crippen molar-refractivity contribution in [2.45, 2.75) is 6.43 Å². The van der Waals surface area contributed by atoms with Crippen molar-refractivity contribution in [2.24, 2.45) is 0 Å². The molecule has 0 aliphatic rings. The highest BCUT2D eigenvalue weighted by molar-refractivity contribution is 7.89. The minimum absolute atomic E-state index is 0.202. The van der Waals surface area contributed by atoms with Crippen LogP contribution in [0.5, 0.6) is 0 Å². The third-order valence-electron chi connectivity index (χ3n) is 2.50. The number of carbonyl (C=O) groups is 1. The van der Waals surface area contributed by atoms with Crippen LogP contribution in [0.1, 0.15) is 10.4 Å². The molecule has 0 saturated heterocycles. The predicted octanol–water partition coefficient (Wildman–Crippen LogP) is 1.90. The number of fused-ring (bicyclic) bond motifs is 1. The summed E-state index contributed by atoms with van der Waals surface area (Å²) in [7, 11) is -3.65. The molecule has 4 nitrogen and oxygen atoms in total. The molecule has 1 heterocycles. The maximum absolute atomic E-state index is 12.4. The average molecular weight is 273 g/mol. The van der Waals surface area contributed by atoms with Crippen molar-refractivity contribution in [3.63, 3.8) is 0 Å². The van der Waals surface area contributed by atoms with Gasteiger partial charge in [0.2, 0.25) is 15.8 Å². The van der Waals surface area contributed by atoms with E-state index >= 15 is 0 Å². The van der Waals surface area contributed by atoms with Crippen LogP contribution in [0.4, 0.5) is 8.78 Å². The van der Waals surface area contributed by atoms with Crippen molar-refractivity contribution in [2.75, 3.05) is 6.26 Å². The van der Waals surface area contributed by atoms with E-state index in [4.69, 9.17) is 0 Å². The number of hydrogen-bond donors (Lipinski definition) is 0. The van der Waals surface area contributed by atoms with Gasteiger partial charge >= 0.3 is 6.43 Å². The number of para-hydroxylation sites is 1. The number of benzene rings is 1. The van der Waals surface area contributed by atoms with E-state index in [-0.39, 0.29) is 16.5 Å². The lowest BCUT2D eigenvalue weighted by molar-refractivity contribution is 0.0680. The van der Waals surface area contributed by atoms with Gasteiger partial charge in [-0.25, -0.2) is 21.2 Å². The van der Waals surface area contributed by atoms with Crippen molar-refractivity contribution >= 4 is 26.7 Å². The van der Waals surface area contributed by atoms with Crippen LogP contribution in [0.3, 0.4) is 0 Å². The maximum atomic E-state index is 12.4. The first kappa shape index (κ1) is 12.7. The van der Waals surface area contributed by atoms with Gasteiger partial charge in [0.25, 0.3) is 0 Å². The van der Waals surface area contributed by atoms with Gasteiger partial charge in [-0.2, -0.15) is 0 Å². The lowest BCUT2D eigenvalue weighted by Gasteiger charge is -2.00. The highest BCUT2D eigenvalue weighted by Gasteiger charge is 2.24. The number of aromatic nitrogens is 1. The van der Waals surface area contributed by atoms with E-state index in [2.05, 4.69) is 0 Å². The topological polar surface area (TPSA) is 56.1 Å². The monoisotopic (exact) mass is 273 g/mol. The Hall–Kier alpha value is -1.76. The summed E-state index contributed by atoms with van der Waals surface area (Å²) in [4.78, 5) is 11.3. The first-order valence-electron chi connectivity index (χ1n) is 4.95. The molecule has 1 aromatic carbocycles. The van der Waals surface area contributed by atoms with Crippen molar-refractivity contribution in [1.29, 1.82) is 0 Å². The van der Waals surface area contributed by atoms with Gasteiger partial charge in [0, 0.05) is 11.6 Å². The molecule has 0 atom stereocenters. The van der Waals surface area contributed by atoms with Gasteiger partial charge in [0.05, 0.1) is 17.3 Å². The molecule has 96 valence electrons. The molecule has 18 heavy (non-hydrogen) atoms. The van der Waals surface area contributed by atoms with Gasteiger partial charge in [-0.1, -0.05) is 18.2 Å². The number of carbonyl (C=O) groups excluding carboxylic acids is 1. The van der Waals surface area contributed by atoms with Crippen molar-refractivity contribution in [3.05, 3.63) is 36.0 Å². The van der Waals surface area contributed by atoms with E-state index in [1.165, 1.54) is 12.1 Å². The molecule has 0 aliphatic carbocycles. The third-order valence-corrected chi connectivity index (χ3v) is 3.52. The number of nitrogens with zero attached hydrogens (tertiary/aromatic N) is 1. The van der Waals surface area contributed by atoms with E-state index in [1.54, 1.807) is 12.1 Å². The van der Waals surface area contributed by atoms with Gasteiger partial charge < -0.3 is 0 Å². The second-order valence-corrected chi connectivity index (χ2v) is 5.64. The molecule has 2 rings (SSSR count). The molecule has 0 unspecified atom stereocenters. The SMILES string of the molecule is CS(=O)(=O)n1cc(C(=O)C(F)F)c2ccccc21. The molecule has 0 N–H and O–H groups in total. The van der Waals surface area contributed by atoms with Crippen molar-refractivity contribution < 1.29 is 22.0 Å². The summed E-state index contributed by atoms with van der Waals surface area (Å²) in [5.74, 6) is -1.38. The molecule has 0 aliphatic heterocycles. The van der Waals surface area contributed by atoms with Crippen LogP contribution < -0.4 is 0 Å². The van der Waals surface area contributed by atoms with Crippen LogP contribution in [0.15, 0.2) is 30.5 Å².